The number of carbonyl (C=O) groups is 1. The van der Waals surface area contributed by atoms with Gasteiger partial charge in [-0.3, -0.25) is 14.9 Å². The van der Waals surface area contributed by atoms with E-state index in [0.29, 0.717) is 0 Å². The number of benzene rings is 2. The first-order chi connectivity index (χ1) is 13.0. The number of nitrogens with zero attached hydrogens (tertiary/aromatic N) is 2. The van der Waals surface area contributed by atoms with Gasteiger partial charge in [0.05, 0.1) is 4.92 Å². The van der Waals surface area contributed by atoms with Crippen molar-refractivity contribution in [1.82, 2.24) is 0 Å². The maximum Gasteiger partial charge on any atom is 0.292 e. The summed E-state index contributed by atoms with van der Waals surface area (Å²) >= 11 is 0. The summed E-state index contributed by atoms with van der Waals surface area (Å²) in [6, 6.07) is 13.6. The van der Waals surface area contributed by atoms with Crippen LogP contribution in [0.1, 0.15) is 26.2 Å². The number of hydrogen-bond acceptors (Lipinski definition) is 5. The molecule has 1 heterocycles. The van der Waals surface area contributed by atoms with Crippen LogP contribution in [0.3, 0.4) is 0 Å². The van der Waals surface area contributed by atoms with Crippen molar-refractivity contribution in [2.24, 2.45) is 0 Å². The molecule has 1 aliphatic rings. The van der Waals surface area contributed by atoms with E-state index in [1.807, 2.05) is 12.1 Å². The van der Waals surface area contributed by atoms with Gasteiger partial charge in [0, 0.05) is 30.5 Å². The van der Waals surface area contributed by atoms with Crippen LogP contribution in [-0.4, -0.2) is 30.0 Å². The van der Waals surface area contributed by atoms with Crippen molar-refractivity contribution in [3.8, 4) is 0 Å². The highest BCUT2D eigenvalue weighted by atomic mass is 16.6. The lowest BCUT2D eigenvalue weighted by Gasteiger charge is -2.29. The fourth-order valence-electron chi connectivity index (χ4n) is 3.22. The fraction of sp³-hybridized carbons (Fsp3) is 0.350. The van der Waals surface area contributed by atoms with Gasteiger partial charge in [0.25, 0.3) is 5.69 Å². The molecule has 0 saturated carbocycles. The second-order valence-corrected chi connectivity index (χ2v) is 6.72. The Bertz CT molecular complexity index is 801. The second kappa shape index (κ2) is 8.53. The third kappa shape index (κ3) is 4.75. The molecule has 1 unspecified atom stereocenters. The molecule has 0 aromatic heterocycles. The standard InChI is InChI=1S/C20H24N4O3/c1-15(20(25)22-18-7-3-4-8-19(18)24(26)27)21-16-9-11-17(12-10-16)23-13-5-2-6-14-23/h3-4,7-12,15,21H,2,5-6,13-14H2,1H3,(H,22,25). The van der Waals surface area contributed by atoms with E-state index in [0.717, 1.165) is 18.8 Å². The SMILES string of the molecule is CC(Nc1ccc(N2CCCCC2)cc1)C(=O)Nc1ccccc1[N+](=O)[O-]. The smallest absolute Gasteiger partial charge is 0.292 e. The molecule has 0 spiro atoms. The van der Waals surface area contributed by atoms with Gasteiger partial charge < -0.3 is 15.5 Å². The Labute approximate surface area is 158 Å². The molecule has 7 nitrogen and oxygen atoms in total. The summed E-state index contributed by atoms with van der Waals surface area (Å²) in [7, 11) is 0. The molecule has 7 heteroatoms. The zero-order valence-electron chi connectivity index (χ0n) is 15.4. The number of piperidine rings is 1. The lowest BCUT2D eigenvalue weighted by Crippen LogP contribution is -2.32. The lowest BCUT2D eigenvalue weighted by atomic mass is 10.1. The van der Waals surface area contributed by atoms with Crippen LogP contribution in [0.15, 0.2) is 48.5 Å². The van der Waals surface area contributed by atoms with Crippen LogP contribution < -0.4 is 15.5 Å². The molecule has 142 valence electrons. The molecule has 0 bridgehead atoms. The van der Waals surface area contributed by atoms with Crippen LogP contribution in [-0.2, 0) is 4.79 Å². The minimum atomic E-state index is -0.536. The number of nitro groups is 1. The number of amides is 1. The Morgan fingerprint density at radius 1 is 1.07 bits per heavy atom. The van der Waals surface area contributed by atoms with Gasteiger partial charge >= 0.3 is 0 Å². The van der Waals surface area contributed by atoms with Crippen LogP contribution in [0, 0.1) is 10.1 Å². The summed E-state index contributed by atoms with van der Waals surface area (Å²) in [6.45, 7) is 3.89. The molecule has 1 saturated heterocycles. The minimum absolute atomic E-state index is 0.121. The summed E-state index contributed by atoms with van der Waals surface area (Å²) in [5.74, 6) is -0.329. The van der Waals surface area contributed by atoms with Crippen LogP contribution >= 0.6 is 0 Å². The number of nitrogens with one attached hydrogen (secondary N) is 2. The summed E-state index contributed by atoms with van der Waals surface area (Å²) in [6.07, 6.45) is 3.74. The van der Waals surface area contributed by atoms with Gasteiger partial charge in [0.2, 0.25) is 5.91 Å². The van der Waals surface area contributed by atoms with E-state index in [1.54, 1.807) is 19.1 Å². The molecule has 0 radical (unpaired) electrons. The number of carbonyl (C=O) groups excluding carboxylic acids is 1. The van der Waals surface area contributed by atoms with Crippen molar-refractivity contribution < 1.29 is 9.72 Å². The normalized spacial score (nSPS) is 15.1. The van der Waals surface area contributed by atoms with E-state index >= 15 is 0 Å². The highest BCUT2D eigenvalue weighted by Gasteiger charge is 2.19. The molecule has 1 fully saturated rings. The molecule has 0 aliphatic carbocycles. The number of rotatable bonds is 6. The van der Waals surface area contributed by atoms with Gasteiger partial charge in [-0.15, -0.1) is 0 Å². The predicted molar refractivity (Wildman–Crippen MR) is 107 cm³/mol. The van der Waals surface area contributed by atoms with Crippen LogP contribution in [0.25, 0.3) is 0 Å². The van der Waals surface area contributed by atoms with Gasteiger partial charge in [0.1, 0.15) is 11.7 Å². The third-order valence-corrected chi connectivity index (χ3v) is 4.72. The van der Waals surface area contributed by atoms with E-state index in [2.05, 4.69) is 27.7 Å². The zero-order valence-corrected chi connectivity index (χ0v) is 15.4. The van der Waals surface area contributed by atoms with Crippen molar-refractivity contribution in [3.63, 3.8) is 0 Å². The maximum atomic E-state index is 12.4. The van der Waals surface area contributed by atoms with Crippen molar-refractivity contribution >= 4 is 28.7 Å². The first-order valence-electron chi connectivity index (χ1n) is 9.20. The van der Waals surface area contributed by atoms with Gasteiger partial charge in [-0.1, -0.05) is 12.1 Å². The molecule has 27 heavy (non-hydrogen) atoms. The molecule has 1 atom stereocenters. The Kier molecular flexibility index (Phi) is 5.90. The molecule has 1 amide bonds. The fourth-order valence-corrected chi connectivity index (χ4v) is 3.22. The summed E-state index contributed by atoms with van der Waals surface area (Å²) in [4.78, 5) is 25.3. The Morgan fingerprint density at radius 2 is 1.74 bits per heavy atom. The Hall–Kier alpha value is -3.09. The number of para-hydroxylation sites is 2. The largest absolute Gasteiger partial charge is 0.374 e. The quantitative estimate of drug-likeness (QED) is 0.594. The summed E-state index contributed by atoms with van der Waals surface area (Å²) in [5, 5.41) is 16.8. The van der Waals surface area contributed by atoms with Gasteiger partial charge in [-0.2, -0.15) is 0 Å². The van der Waals surface area contributed by atoms with Gasteiger partial charge in [0.15, 0.2) is 0 Å². The molecule has 3 rings (SSSR count). The van der Waals surface area contributed by atoms with E-state index in [1.165, 1.54) is 37.1 Å². The molecule has 2 aromatic carbocycles. The molecular formula is C20H24N4O3. The molecule has 1 aliphatic heterocycles. The highest BCUT2D eigenvalue weighted by molar-refractivity contribution is 5.98. The first-order valence-corrected chi connectivity index (χ1v) is 9.20. The van der Waals surface area contributed by atoms with Crippen LogP contribution in [0.5, 0.6) is 0 Å². The van der Waals surface area contributed by atoms with Crippen LogP contribution in [0.4, 0.5) is 22.7 Å². The van der Waals surface area contributed by atoms with Gasteiger partial charge in [-0.25, -0.2) is 0 Å². The average molecular weight is 368 g/mol. The predicted octanol–water partition coefficient (Wildman–Crippen LogP) is 4.02. The average Bonchev–Trinajstić information content (AvgIpc) is 2.69. The van der Waals surface area contributed by atoms with Crippen molar-refractivity contribution in [2.45, 2.75) is 32.2 Å². The number of nitro benzene ring substituents is 1. The van der Waals surface area contributed by atoms with E-state index in [-0.39, 0.29) is 17.3 Å². The summed E-state index contributed by atoms with van der Waals surface area (Å²) < 4.78 is 0. The van der Waals surface area contributed by atoms with Crippen LogP contribution in [0.2, 0.25) is 0 Å². The zero-order chi connectivity index (χ0) is 19.2. The number of anilines is 3. The topological polar surface area (TPSA) is 87.5 Å². The van der Waals surface area contributed by atoms with E-state index < -0.39 is 11.0 Å². The Balaban J connectivity index is 1.60. The molecular weight excluding hydrogens is 344 g/mol. The second-order valence-electron chi connectivity index (χ2n) is 6.72. The third-order valence-electron chi connectivity index (χ3n) is 4.72. The first kappa shape index (κ1) is 18.7. The van der Waals surface area contributed by atoms with Gasteiger partial charge in [-0.05, 0) is 56.5 Å². The lowest BCUT2D eigenvalue weighted by molar-refractivity contribution is -0.383. The van der Waals surface area contributed by atoms with Crippen molar-refractivity contribution in [2.75, 3.05) is 28.6 Å². The number of hydrogen-bond donors (Lipinski definition) is 2. The maximum absolute atomic E-state index is 12.4. The van der Waals surface area contributed by atoms with E-state index in [4.69, 9.17) is 0 Å². The highest BCUT2D eigenvalue weighted by Crippen LogP contribution is 2.24. The molecule has 2 aromatic rings. The van der Waals surface area contributed by atoms with Crippen molar-refractivity contribution in [1.29, 1.82) is 0 Å². The minimum Gasteiger partial charge on any atom is -0.374 e. The van der Waals surface area contributed by atoms with Crippen molar-refractivity contribution in [3.05, 3.63) is 58.6 Å². The summed E-state index contributed by atoms with van der Waals surface area (Å²) in [5.41, 5.74) is 2.10. The Morgan fingerprint density at radius 3 is 2.41 bits per heavy atom. The van der Waals surface area contributed by atoms with E-state index in [9.17, 15) is 14.9 Å². The molecule has 2 N–H and O–H groups in total. The monoisotopic (exact) mass is 368 g/mol.